The minimum absolute atomic E-state index is 0.431. The molecule has 1 aromatic rings. The Morgan fingerprint density at radius 3 is 2.80 bits per heavy atom. The molecule has 1 unspecified atom stereocenters. The first-order valence-electron chi connectivity index (χ1n) is 6.90. The summed E-state index contributed by atoms with van der Waals surface area (Å²) in [5.74, 6) is 0.900. The minimum Gasteiger partial charge on any atom is -0.496 e. The highest BCUT2D eigenvalue weighted by atomic mass is 32.1. The van der Waals surface area contributed by atoms with Gasteiger partial charge in [0.15, 0.2) is 0 Å². The molecule has 20 heavy (non-hydrogen) atoms. The number of piperazine rings is 1. The van der Waals surface area contributed by atoms with Crippen molar-refractivity contribution in [1.29, 1.82) is 0 Å². The second-order valence-corrected chi connectivity index (χ2v) is 5.90. The van der Waals surface area contributed by atoms with E-state index in [-0.39, 0.29) is 0 Å². The molecule has 1 aliphatic heterocycles. The Hall–Kier alpha value is -1.17. The second-order valence-electron chi connectivity index (χ2n) is 5.46. The van der Waals surface area contributed by atoms with E-state index in [4.69, 9.17) is 22.7 Å². The molecule has 4 nitrogen and oxygen atoms in total. The van der Waals surface area contributed by atoms with Crippen LogP contribution in [0.2, 0.25) is 0 Å². The van der Waals surface area contributed by atoms with Crippen molar-refractivity contribution in [3.05, 3.63) is 29.3 Å². The van der Waals surface area contributed by atoms with E-state index in [0.717, 1.165) is 43.1 Å². The van der Waals surface area contributed by atoms with Gasteiger partial charge in [0.2, 0.25) is 0 Å². The zero-order valence-corrected chi connectivity index (χ0v) is 13.2. The van der Waals surface area contributed by atoms with Crippen molar-refractivity contribution in [2.24, 2.45) is 5.73 Å². The van der Waals surface area contributed by atoms with Gasteiger partial charge in [-0.15, -0.1) is 0 Å². The third-order valence-electron chi connectivity index (χ3n) is 4.00. The molecule has 0 amide bonds. The van der Waals surface area contributed by atoms with Gasteiger partial charge in [0.1, 0.15) is 10.7 Å². The molecule has 5 heteroatoms. The van der Waals surface area contributed by atoms with E-state index < -0.39 is 0 Å². The quantitative estimate of drug-likeness (QED) is 0.851. The third-order valence-corrected chi connectivity index (χ3v) is 4.24. The van der Waals surface area contributed by atoms with Crippen molar-refractivity contribution in [2.45, 2.75) is 19.5 Å². The Morgan fingerprint density at radius 1 is 1.45 bits per heavy atom. The van der Waals surface area contributed by atoms with Crippen LogP contribution >= 0.6 is 12.2 Å². The van der Waals surface area contributed by atoms with Crippen molar-refractivity contribution in [3.63, 3.8) is 0 Å². The lowest BCUT2D eigenvalue weighted by atomic mass is 10.1. The topological polar surface area (TPSA) is 41.7 Å². The molecule has 0 saturated carbocycles. The summed E-state index contributed by atoms with van der Waals surface area (Å²) in [4.78, 5) is 5.27. The van der Waals surface area contributed by atoms with Crippen LogP contribution in [-0.4, -0.2) is 54.6 Å². The molecule has 2 rings (SSSR count). The first-order valence-corrected chi connectivity index (χ1v) is 7.31. The van der Waals surface area contributed by atoms with E-state index in [1.165, 1.54) is 0 Å². The number of benzene rings is 1. The predicted molar refractivity (Wildman–Crippen MR) is 86.3 cm³/mol. The van der Waals surface area contributed by atoms with E-state index in [9.17, 15) is 0 Å². The highest BCUT2D eigenvalue weighted by Crippen LogP contribution is 2.23. The molecule has 1 aliphatic rings. The molecule has 2 N–H and O–H groups in total. The normalized spacial score (nSPS) is 20.9. The van der Waals surface area contributed by atoms with Gasteiger partial charge in [-0.2, -0.15) is 0 Å². The van der Waals surface area contributed by atoms with Crippen LogP contribution in [0.4, 0.5) is 0 Å². The fourth-order valence-electron chi connectivity index (χ4n) is 2.56. The van der Waals surface area contributed by atoms with Crippen LogP contribution in [-0.2, 0) is 6.54 Å². The Balaban J connectivity index is 2.15. The SMILES string of the molecule is COc1ccc(C(N)=S)cc1CN1CCN(C)C(C)C1. The first kappa shape index (κ1) is 15.2. The summed E-state index contributed by atoms with van der Waals surface area (Å²) in [7, 11) is 3.88. The zero-order chi connectivity index (χ0) is 14.7. The summed E-state index contributed by atoms with van der Waals surface area (Å²) in [6.07, 6.45) is 0. The lowest BCUT2D eigenvalue weighted by Gasteiger charge is -2.37. The molecule has 0 aliphatic carbocycles. The molecule has 0 bridgehead atoms. The molecule has 1 heterocycles. The summed E-state index contributed by atoms with van der Waals surface area (Å²) in [6.45, 7) is 6.36. The van der Waals surface area contributed by atoms with Crippen molar-refractivity contribution < 1.29 is 4.74 Å². The van der Waals surface area contributed by atoms with E-state index in [1.54, 1.807) is 7.11 Å². The van der Waals surface area contributed by atoms with E-state index >= 15 is 0 Å². The van der Waals surface area contributed by atoms with E-state index in [0.29, 0.717) is 11.0 Å². The van der Waals surface area contributed by atoms with Crippen LogP contribution in [0.25, 0.3) is 0 Å². The van der Waals surface area contributed by atoms with Crippen molar-refractivity contribution in [2.75, 3.05) is 33.8 Å². The molecule has 110 valence electrons. The predicted octanol–water partition coefficient (Wildman–Crippen LogP) is 1.47. The Kier molecular flexibility index (Phi) is 4.96. The van der Waals surface area contributed by atoms with Crippen molar-refractivity contribution in [3.8, 4) is 5.75 Å². The summed E-state index contributed by atoms with van der Waals surface area (Å²) in [5.41, 5.74) is 7.77. The van der Waals surface area contributed by atoms with E-state index in [2.05, 4.69) is 23.8 Å². The number of thiocarbonyl (C=S) groups is 1. The molecule has 0 aromatic heterocycles. The molecule has 1 fully saturated rings. The summed E-state index contributed by atoms with van der Waals surface area (Å²) < 4.78 is 5.45. The summed E-state index contributed by atoms with van der Waals surface area (Å²) in [5, 5.41) is 0. The molecule has 0 spiro atoms. The number of ether oxygens (including phenoxy) is 1. The lowest BCUT2D eigenvalue weighted by molar-refractivity contribution is 0.0993. The number of likely N-dealkylation sites (N-methyl/N-ethyl adjacent to an activating group) is 1. The van der Waals surface area contributed by atoms with Gasteiger partial charge in [0.05, 0.1) is 7.11 Å². The van der Waals surface area contributed by atoms with Crippen LogP contribution in [0.1, 0.15) is 18.1 Å². The molecular weight excluding hydrogens is 270 g/mol. The summed E-state index contributed by atoms with van der Waals surface area (Å²) in [6, 6.07) is 6.48. The number of hydrogen-bond donors (Lipinski definition) is 1. The summed E-state index contributed by atoms with van der Waals surface area (Å²) >= 11 is 5.06. The maximum atomic E-state index is 5.72. The number of nitrogens with two attached hydrogens (primary N) is 1. The smallest absolute Gasteiger partial charge is 0.123 e. The fourth-order valence-corrected chi connectivity index (χ4v) is 2.69. The van der Waals surface area contributed by atoms with Gasteiger partial charge < -0.3 is 15.4 Å². The highest BCUT2D eigenvalue weighted by Gasteiger charge is 2.21. The molecule has 0 radical (unpaired) electrons. The van der Waals surface area contributed by atoms with Crippen molar-refractivity contribution >= 4 is 17.2 Å². The van der Waals surface area contributed by atoms with Gasteiger partial charge in [-0.25, -0.2) is 0 Å². The zero-order valence-electron chi connectivity index (χ0n) is 12.4. The van der Waals surface area contributed by atoms with Gasteiger partial charge in [-0.3, -0.25) is 4.90 Å². The maximum absolute atomic E-state index is 5.72. The van der Waals surface area contributed by atoms with Crippen LogP contribution < -0.4 is 10.5 Å². The maximum Gasteiger partial charge on any atom is 0.123 e. The Bertz CT molecular complexity index is 492. The van der Waals surface area contributed by atoms with Crippen LogP contribution in [0.15, 0.2) is 18.2 Å². The largest absolute Gasteiger partial charge is 0.496 e. The van der Waals surface area contributed by atoms with Gasteiger partial charge in [-0.1, -0.05) is 12.2 Å². The Labute approximate surface area is 126 Å². The van der Waals surface area contributed by atoms with Crippen LogP contribution in [0.3, 0.4) is 0 Å². The van der Waals surface area contributed by atoms with Gasteiger partial charge >= 0.3 is 0 Å². The van der Waals surface area contributed by atoms with Gasteiger partial charge in [0, 0.05) is 43.3 Å². The minimum atomic E-state index is 0.431. The molecular formula is C15H23N3OS. The number of rotatable bonds is 4. The second kappa shape index (κ2) is 6.52. The third kappa shape index (κ3) is 3.48. The Morgan fingerprint density at radius 2 is 2.20 bits per heavy atom. The van der Waals surface area contributed by atoms with Gasteiger partial charge in [0.25, 0.3) is 0 Å². The molecule has 1 atom stereocenters. The standard InChI is InChI=1S/C15H23N3OS/c1-11-9-18(7-6-17(11)2)10-13-8-12(15(16)20)4-5-14(13)19-3/h4-5,8,11H,6-7,9-10H2,1-3H3,(H2,16,20). The average molecular weight is 293 g/mol. The average Bonchev–Trinajstić information content (AvgIpc) is 2.42. The highest BCUT2D eigenvalue weighted by molar-refractivity contribution is 7.80. The first-order chi connectivity index (χ1) is 9.51. The van der Waals surface area contributed by atoms with Crippen molar-refractivity contribution in [1.82, 2.24) is 9.80 Å². The molecule has 1 saturated heterocycles. The monoisotopic (exact) mass is 293 g/mol. The number of hydrogen-bond acceptors (Lipinski definition) is 4. The van der Waals surface area contributed by atoms with Gasteiger partial charge in [-0.05, 0) is 32.2 Å². The lowest BCUT2D eigenvalue weighted by Crippen LogP contribution is -2.49. The number of methoxy groups -OCH3 is 1. The van der Waals surface area contributed by atoms with E-state index in [1.807, 2.05) is 18.2 Å². The number of nitrogens with zero attached hydrogens (tertiary/aromatic N) is 2. The molecule has 1 aromatic carbocycles. The van der Waals surface area contributed by atoms with Crippen LogP contribution in [0, 0.1) is 0 Å². The van der Waals surface area contributed by atoms with Crippen LogP contribution in [0.5, 0.6) is 5.75 Å². The fraction of sp³-hybridized carbons (Fsp3) is 0.533.